The summed E-state index contributed by atoms with van der Waals surface area (Å²) < 4.78 is 17.8. The second kappa shape index (κ2) is 10.4. The third kappa shape index (κ3) is 9.48. The summed E-state index contributed by atoms with van der Waals surface area (Å²) >= 11 is 0. The second-order valence-electron chi connectivity index (χ2n) is 4.60. The van der Waals surface area contributed by atoms with Crippen molar-refractivity contribution in [2.24, 2.45) is 0 Å². The molecule has 0 aromatic carbocycles. The van der Waals surface area contributed by atoms with Crippen molar-refractivity contribution in [3.63, 3.8) is 0 Å². The van der Waals surface area contributed by atoms with Gasteiger partial charge >= 0.3 is 0 Å². The van der Waals surface area contributed by atoms with Crippen LogP contribution in [0.2, 0.25) is 0 Å². The average Bonchev–Trinajstić information content (AvgIpc) is 2.32. The van der Waals surface area contributed by atoms with Crippen molar-refractivity contribution in [2.45, 2.75) is 53.4 Å². The van der Waals surface area contributed by atoms with E-state index < -0.39 is 7.37 Å². The van der Waals surface area contributed by atoms with Crippen LogP contribution in [0.5, 0.6) is 0 Å². The molecule has 0 amide bonds. The molecule has 0 saturated carbocycles. The first kappa shape index (κ1) is 17.4. The average molecular weight is 270 g/mol. The van der Waals surface area contributed by atoms with Gasteiger partial charge in [0.05, 0.1) is 6.61 Å². The minimum absolute atomic E-state index is 0.471. The molecule has 0 rings (SSSR count). The molecule has 0 bridgehead atoms. The molecule has 104 valence electrons. The highest BCUT2D eigenvalue weighted by Gasteiger charge is 2.16. The number of hydrogen-bond acceptors (Lipinski definition) is 2. The lowest BCUT2D eigenvalue weighted by molar-refractivity contribution is 0.342. The van der Waals surface area contributed by atoms with Crippen LogP contribution in [-0.2, 0) is 9.09 Å². The van der Waals surface area contributed by atoms with Crippen LogP contribution in [0.4, 0.5) is 0 Å². The second-order valence-corrected chi connectivity index (χ2v) is 6.94. The molecule has 0 fully saturated rings. The highest BCUT2D eigenvalue weighted by Crippen LogP contribution is 2.48. The molecule has 0 aliphatic rings. The van der Waals surface area contributed by atoms with Crippen molar-refractivity contribution < 1.29 is 9.09 Å². The van der Waals surface area contributed by atoms with Crippen molar-refractivity contribution in [1.29, 1.82) is 0 Å². The van der Waals surface area contributed by atoms with E-state index in [1.54, 1.807) is 5.82 Å². The number of allylic oxidation sites excluding steroid dienone is 3. The van der Waals surface area contributed by atoms with Crippen molar-refractivity contribution in [1.82, 2.24) is 0 Å². The molecule has 0 aromatic rings. The summed E-state index contributed by atoms with van der Waals surface area (Å²) in [5.74, 6) is 1.63. The van der Waals surface area contributed by atoms with E-state index in [1.807, 2.05) is 32.9 Å². The van der Waals surface area contributed by atoms with Gasteiger partial charge in [-0.3, -0.25) is 4.57 Å². The summed E-state index contributed by atoms with van der Waals surface area (Å²) in [4.78, 5) is 0. The molecular weight excluding hydrogens is 243 g/mol. The van der Waals surface area contributed by atoms with E-state index in [4.69, 9.17) is 4.52 Å². The molecule has 0 aliphatic heterocycles. The molecule has 0 aliphatic carbocycles. The molecule has 0 saturated heterocycles. The maximum absolute atomic E-state index is 12.4. The summed E-state index contributed by atoms with van der Waals surface area (Å²) in [5, 5.41) is 0. The Kier molecular flexibility index (Phi) is 10.1. The van der Waals surface area contributed by atoms with Crippen LogP contribution in [0.25, 0.3) is 0 Å². The third-order valence-corrected chi connectivity index (χ3v) is 4.37. The molecule has 0 radical (unpaired) electrons. The first-order chi connectivity index (χ1) is 8.54. The summed E-state index contributed by atoms with van der Waals surface area (Å²) in [7, 11) is -2.67. The molecule has 0 heterocycles. The quantitative estimate of drug-likeness (QED) is 0.239. The Morgan fingerprint density at radius 3 is 2.56 bits per heavy atom. The van der Waals surface area contributed by atoms with E-state index >= 15 is 0 Å². The normalized spacial score (nSPS) is 13.3. The Hall–Kier alpha value is -0.550. The Morgan fingerprint density at radius 2 is 2.00 bits per heavy atom. The number of unbranched alkanes of at least 4 members (excludes halogenated alkanes) is 3. The van der Waals surface area contributed by atoms with Gasteiger partial charge in [-0.15, -0.1) is 5.73 Å². The summed E-state index contributed by atoms with van der Waals surface area (Å²) in [6.45, 7) is 8.53. The van der Waals surface area contributed by atoms with Gasteiger partial charge in [-0.1, -0.05) is 31.4 Å². The van der Waals surface area contributed by atoms with Crippen LogP contribution < -0.4 is 0 Å². The third-order valence-electron chi connectivity index (χ3n) is 2.44. The number of rotatable bonds is 9. The maximum Gasteiger partial charge on any atom is 0.236 e. The topological polar surface area (TPSA) is 26.3 Å². The van der Waals surface area contributed by atoms with Gasteiger partial charge in [0.1, 0.15) is 0 Å². The van der Waals surface area contributed by atoms with E-state index in [9.17, 15) is 4.57 Å². The monoisotopic (exact) mass is 270 g/mol. The smallest absolute Gasteiger partial charge is 0.236 e. The van der Waals surface area contributed by atoms with Gasteiger partial charge in [-0.25, -0.2) is 0 Å². The van der Waals surface area contributed by atoms with Gasteiger partial charge in [0.15, 0.2) is 0 Å². The fourth-order valence-corrected chi connectivity index (χ4v) is 3.09. The van der Waals surface area contributed by atoms with Crippen molar-refractivity contribution in [3.05, 3.63) is 29.3 Å². The fraction of sp³-hybridized carbons (Fsp3) is 0.667. The SMILES string of the molecule is CCCCCC=C=CP(=O)(CC=C(C)C)OCC. The zero-order valence-corrected chi connectivity index (χ0v) is 13.1. The summed E-state index contributed by atoms with van der Waals surface area (Å²) in [6.07, 6.45) is 9.02. The van der Waals surface area contributed by atoms with Crippen LogP contribution in [0.15, 0.2) is 29.3 Å². The molecule has 0 spiro atoms. The molecule has 1 atom stereocenters. The van der Waals surface area contributed by atoms with Gasteiger partial charge in [0.2, 0.25) is 7.37 Å². The standard InChI is InChI=1S/C15H27O2P/c1-5-7-8-9-10-11-13-18(16,17-6-2)14-12-15(3)4/h10,12-13H,5-9,14H2,1-4H3. The van der Waals surface area contributed by atoms with Crippen LogP contribution in [0, 0.1) is 0 Å². The zero-order valence-electron chi connectivity index (χ0n) is 12.2. The van der Waals surface area contributed by atoms with Crippen molar-refractivity contribution in [2.75, 3.05) is 12.8 Å². The highest BCUT2D eigenvalue weighted by molar-refractivity contribution is 7.62. The minimum Gasteiger partial charge on any atom is -0.325 e. The Morgan fingerprint density at radius 1 is 1.28 bits per heavy atom. The lowest BCUT2D eigenvalue weighted by atomic mass is 10.2. The maximum atomic E-state index is 12.4. The van der Waals surface area contributed by atoms with Crippen LogP contribution in [0.1, 0.15) is 53.4 Å². The first-order valence-corrected chi connectivity index (χ1v) is 8.70. The van der Waals surface area contributed by atoms with Crippen LogP contribution >= 0.6 is 7.37 Å². The summed E-state index contributed by atoms with van der Waals surface area (Å²) in [6, 6.07) is 0. The Labute approximate surface area is 112 Å². The molecule has 18 heavy (non-hydrogen) atoms. The van der Waals surface area contributed by atoms with E-state index in [-0.39, 0.29) is 0 Å². The van der Waals surface area contributed by atoms with Crippen LogP contribution in [-0.4, -0.2) is 12.8 Å². The molecule has 1 unspecified atom stereocenters. The van der Waals surface area contributed by atoms with Crippen LogP contribution in [0.3, 0.4) is 0 Å². The van der Waals surface area contributed by atoms with E-state index in [1.165, 1.54) is 19.3 Å². The first-order valence-electron chi connectivity index (χ1n) is 6.82. The molecule has 3 heteroatoms. The van der Waals surface area contributed by atoms with Gasteiger partial charge in [0.25, 0.3) is 0 Å². The lowest BCUT2D eigenvalue weighted by Gasteiger charge is -2.10. The molecule has 2 nitrogen and oxygen atoms in total. The lowest BCUT2D eigenvalue weighted by Crippen LogP contribution is -1.90. The molecule has 0 aromatic heterocycles. The predicted octanol–water partition coefficient (Wildman–Crippen LogP) is 5.52. The minimum atomic E-state index is -2.67. The largest absolute Gasteiger partial charge is 0.325 e. The van der Waals surface area contributed by atoms with E-state index in [2.05, 4.69) is 12.7 Å². The van der Waals surface area contributed by atoms with Gasteiger partial charge in [0, 0.05) is 12.0 Å². The van der Waals surface area contributed by atoms with Gasteiger partial charge < -0.3 is 4.52 Å². The van der Waals surface area contributed by atoms with Gasteiger partial charge in [-0.2, -0.15) is 0 Å². The van der Waals surface area contributed by atoms with E-state index in [0.29, 0.717) is 12.8 Å². The predicted molar refractivity (Wildman–Crippen MR) is 80.3 cm³/mol. The molecule has 0 N–H and O–H groups in total. The Balaban J connectivity index is 4.45. The number of hydrogen-bond donors (Lipinski definition) is 0. The van der Waals surface area contributed by atoms with Crippen molar-refractivity contribution in [3.8, 4) is 0 Å². The highest BCUT2D eigenvalue weighted by atomic mass is 31.2. The Bertz CT molecular complexity index is 346. The van der Waals surface area contributed by atoms with Gasteiger partial charge in [-0.05, 0) is 39.7 Å². The fourth-order valence-electron chi connectivity index (χ4n) is 1.42. The van der Waals surface area contributed by atoms with E-state index in [0.717, 1.165) is 12.0 Å². The summed E-state index contributed by atoms with van der Waals surface area (Å²) in [5.41, 5.74) is 4.19. The molecular formula is C15H27O2P. The van der Waals surface area contributed by atoms with Crippen molar-refractivity contribution >= 4 is 7.37 Å². The zero-order chi connectivity index (χ0) is 13.9.